The quantitative estimate of drug-likeness (QED) is 0.795. The summed E-state index contributed by atoms with van der Waals surface area (Å²) in [6.45, 7) is -0.490. The van der Waals surface area contributed by atoms with Crippen molar-refractivity contribution < 1.29 is 32.6 Å². The summed E-state index contributed by atoms with van der Waals surface area (Å²) in [5.41, 5.74) is 0.199. The summed E-state index contributed by atoms with van der Waals surface area (Å²) in [6, 6.07) is 8.03. The molecule has 0 radical (unpaired) electrons. The number of hydrogen-bond acceptors (Lipinski definition) is 5. The Kier molecular flexibility index (Phi) is 6.37. The lowest BCUT2D eigenvalue weighted by Gasteiger charge is -2.16. The zero-order chi connectivity index (χ0) is 19.1. The van der Waals surface area contributed by atoms with Gasteiger partial charge in [-0.3, -0.25) is 4.79 Å². The third kappa shape index (κ3) is 5.10. The summed E-state index contributed by atoms with van der Waals surface area (Å²) in [6.07, 6.45) is 0. The van der Waals surface area contributed by atoms with E-state index in [2.05, 4.69) is 10.1 Å². The van der Waals surface area contributed by atoms with Crippen LogP contribution in [0.4, 0.5) is 8.78 Å². The summed E-state index contributed by atoms with van der Waals surface area (Å²) in [7, 11) is 1.11. The largest absolute Gasteiger partial charge is 0.467 e. The number of halogens is 2. The Morgan fingerprint density at radius 3 is 1.92 bits per heavy atom. The Labute approximate surface area is 147 Å². The molecule has 6 nitrogen and oxygen atoms in total. The Bertz CT molecular complexity index is 790. The molecule has 1 amide bonds. The molecule has 136 valence electrons. The zero-order valence-corrected chi connectivity index (χ0v) is 13.7. The SMILES string of the molecule is COC(=O)C(COC(=O)c1ccc(F)cc1)NC(=O)c1ccc(F)cc1. The van der Waals surface area contributed by atoms with Crippen molar-refractivity contribution in [2.75, 3.05) is 13.7 Å². The molecule has 1 unspecified atom stereocenters. The van der Waals surface area contributed by atoms with Crippen LogP contribution in [0.5, 0.6) is 0 Å². The number of esters is 2. The van der Waals surface area contributed by atoms with Gasteiger partial charge in [0, 0.05) is 5.56 Å². The number of rotatable bonds is 6. The van der Waals surface area contributed by atoms with Crippen molar-refractivity contribution in [1.29, 1.82) is 0 Å². The predicted octanol–water partition coefficient (Wildman–Crippen LogP) is 2.09. The Hall–Kier alpha value is -3.29. The van der Waals surface area contributed by atoms with Crippen LogP contribution in [0.25, 0.3) is 0 Å². The molecule has 26 heavy (non-hydrogen) atoms. The standard InChI is InChI=1S/C18H15F2NO5/c1-25-18(24)15(21-16(22)11-2-6-13(19)7-3-11)10-26-17(23)12-4-8-14(20)9-5-12/h2-9,15H,10H2,1H3,(H,21,22). The molecule has 0 bridgehead atoms. The van der Waals surface area contributed by atoms with Gasteiger partial charge >= 0.3 is 11.9 Å². The fourth-order valence-corrected chi connectivity index (χ4v) is 1.98. The smallest absolute Gasteiger partial charge is 0.338 e. The van der Waals surface area contributed by atoms with Crippen LogP contribution in [0.2, 0.25) is 0 Å². The van der Waals surface area contributed by atoms with Gasteiger partial charge in [-0.25, -0.2) is 18.4 Å². The molecule has 8 heteroatoms. The Balaban J connectivity index is 2.01. The van der Waals surface area contributed by atoms with Crippen LogP contribution < -0.4 is 5.32 Å². The topological polar surface area (TPSA) is 81.7 Å². The molecule has 0 aliphatic carbocycles. The highest BCUT2D eigenvalue weighted by atomic mass is 19.1. The average molecular weight is 363 g/mol. The molecule has 0 saturated carbocycles. The molecule has 1 N–H and O–H groups in total. The lowest BCUT2D eigenvalue weighted by atomic mass is 10.2. The first-order chi connectivity index (χ1) is 12.4. The number of nitrogens with one attached hydrogen (secondary N) is 1. The van der Waals surface area contributed by atoms with E-state index in [0.29, 0.717) is 0 Å². The molecule has 2 rings (SSSR count). The molecule has 0 aromatic heterocycles. The van der Waals surface area contributed by atoms with E-state index in [9.17, 15) is 23.2 Å². The normalized spacial score (nSPS) is 11.3. The molecule has 0 fully saturated rings. The van der Waals surface area contributed by atoms with Crippen molar-refractivity contribution >= 4 is 17.8 Å². The van der Waals surface area contributed by atoms with Crippen molar-refractivity contribution in [3.05, 3.63) is 71.3 Å². The van der Waals surface area contributed by atoms with Gasteiger partial charge in [-0.15, -0.1) is 0 Å². The lowest BCUT2D eigenvalue weighted by molar-refractivity contribution is -0.143. The van der Waals surface area contributed by atoms with E-state index in [1.807, 2.05) is 0 Å². The lowest BCUT2D eigenvalue weighted by Crippen LogP contribution is -2.45. The minimum absolute atomic E-state index is 0.0832. The van der Waals surface area contributed by atoms with Gasteiger partial charge in [0.2, 0.25) is 0 Å². The second-order valence-corrected chi connectivity index (χ2v) is 5.16. The molecule has 0 saturated heterocycles. The summed E-state index contributed by atoms with van der Waals surface area (Å²) in [5, 5.41) is 2.35. The number of benzene rings is 2. The van der Waals surface area contributed by atoms with Crippen LogP contribution in [0.1, 0.15) is 20.7 Å². The van der Waals surface area contributed by atoms with E-state index < -0.39 is 42.1 Å². The van der Waals surface area contributed by atoms with E-state index in [4.69, 9.17) is 4.74 Å². The van der Waals surface area contributed by atoms with Gasteiger partial charge < -0.3 is 14.8 Å². The number of methoxy groups -OCH3 is 1. The Morgan fingerprint density at radius 2 is 1.42 bits per heavy atom. The van der Waals surface area contributed by atoms with Gasteiger partial charge in [-0.1, -0.05) is 0 Å². The molecule has 0 heterocycles. The molecule has 2 aromatic rings. The highest BCUT2D eigenvalue weighted by Gasteiger charge is 2.24. The van der Waals surface area contributed by atoms with Gasteiger partial charge in [-0.2, -0.15) is 0 Å². The van der Waals surface area contributed by atoms with Crippen molar-refractivity contribution in [2.24, 2.45) is 0 Å². The number of carbonyl (C=O) groups excluding carboxylic acids is 3. The first kappa shape index (κ1) is 19.0. The summed E-state index contributed by atoms with van der Waals surface area (Å²) < 4.78 is 35.3. The highest BCUT2D eigenvalue weighted by Crippen LogP contribution is 2.06. The van der Waals surface area contributed by atoms with E-state index in [-0.39, 0.29) is 11.1 Å². The Morgan fingerprint density at radius 1 is 0.923 bits per heavy atom. The summed E-state index contributed by atoms with van der Waals surface area (Å²) >= 11 is 0. The molecular formula is C18H15F2NO5. The number of amides is 1. The van der Waals surface area contributed by atoms with Crippen LogP contribution in [-0.4, -0.2) is 37.6 Å². The van der Waals surface area contributed by atoms with Gasteiger partial charge in [0.15, 0.2) is 6.04 Å². The molecule has 0 spiro atoms. The monoisotopic (exact) mass is 363 g/mol. The van der Waals surface area contributed by atoms with Crippen LogP contribution in [0, 0.1) is 11.6 Å². The molecule has 2 aromatic carbocycles. The zero-order valence-electron chi connectivity index (χ0n) is 13.7. The van der Waals surface area contributed by atoms with Crippen LogP contribution in [-0.2, 0) is 14.3 Å². The minimum atomic E-state index is -1.26. The maximum Gasteiger partial charge on any atom is 0.338 e. The minimum Gasteiger partial charge on any atom is -0.467 e. The molecule has 0 aliphatic rings. The van der Waals surface area contributed by atoms with Gasteiger partial charge in [0.1, 0.15) is 18.2 Å². The van der Waals surface area contributed by atoms with Gasteiger partial charge in [0.25, 0.3) is 5.91 Å². The maximum atomic E-state index is 12.9. The number of ether oxygens (including phenoxy) is 2. The predicted molar refractivity (Wildman–Crippen MR) is 86.4 cm³/mol. The first-order valence-electron chi connectivity index (χ1n) is 7.47. The maximum absolute atomic E-state index is 12.9. The fourth-order valence-electron chi connectivity index (χ4n) is 1.98. The molecule has 0 aliphatic heterocycles. The number of carbonyl (C=O) groups is 3. The van der Waals surface area contributed by atoms with Crippen LogP contribution >= 0.6 is 0 Å². The fraction of sp³-hybridized carbons (Fsp3) is 0.167. The third-order valence-corrected chi connectivity index (χ3v) is 3.36. The van der Waals surface area contributed by atoms with E-state index in [1.54, 1.807) is 0 Å². The van der Waals surface area contributed by atoms with Gasteiger partial charge in [0.05, 0.1) is 12.7 Å². The molecule has 1 atom stereocenters. The second kappa shape index (κ2) is 8.70. The van der Waals surface area contributed by atoms with Crippen LogP contribution in [0.15, 0.2) is 48.5 Å². The van der Waals surface area contributed by atoms with Crippen molar-refractivity contribution in [2.45, 2.75) is 6.04 Å². The third-order valence-electron chi connectivity index (χ3n) is 3.36. The van der Waals surface area contributed by atoms with E-state index in [1.165, 1.54) is 24.3 Å². The van der Waals surface area contributed by atoms with E-state index in [0.717, 1.165) is 31.4 Å². The average Bonchev–Trinajstić information content (AvgIpc) is 2.65. The first-order valence-corrected chi connectivity index (χ1v) is 7.47. The highest BCUT2D eigenvalue weighted by molar-refractivity contribution is 5.97. The second-order valence-electron chi connectivity index (χ2n) is 5.16. The van der Waals surface area contributed by atoms with Gasteiger partial charge in [-0.05, 0) is 48.5 Å². The number of hydrogen-bond donors (Lipinski definition) is 1. The molecular weight excluding hydrogens is 348 g/mol. The summed E-state index contributed by atoms with van der Waals surface area (Å²) in [5.74, 6) is -3.32. The van der Waals surface area contributed by atoms with E-state index >= 15 is 0 Å². The van der Waals surface area contributed by atoms with Crippen molar-refractivity contribution in [3.8, 4) is 0 Å². The van der Waals surface area contributed by atoms with Crippen molar-refractivity contribution in [3.63, 3.8) is 0 Å². The summed E-state index contributed by atoms with van der Waals surface area (Å²) in [4.78, 5) is 35.8. The van der Waals surface area contributed by atoms with Crippen LogP contribution in [0.3, 0.4) is 0 Å². The van der Waals surface area contributed by atoms with Crippen molar-refractivity contribution in [1.82, 2.24) is 5.32 Å².